The van der Waals surface area contributed by atoms with E-state index >= 15 is 0 Å². The van der Waals surface area contributed by atoms with Gasteiger partial charge in [0.05, 0.1) is 0 Å². The van der Waals surface area contributed by atoms with E-state index in [1.54, 1.807) is 6.07 Å². The fourth-order valence-electron chi connectivity index (χ4n) is 2.70. The zero-order chi connectivity index (χ0) is 15.1. The van der Waals surface area contributed by atoms with Gasteiger partial charge in [0.15, 0.2) is 5.69 Å². The molecule has 0 aliphatic heterocycles. The Hall–Kier alpha value is -1.30. The molecule has 5 nitrogen and oxygen atoms in total. The third-order valence-corrected chi connectivity index (χ3v) is 5.44. The van der Waals surface area contributed by atoms with Gasteiger partial charge in [0, 0.05) is 17.8 Å². The van der Waals surface area contributed by atoms with Gasteiger partial charge in [-0.25, -0.2) is 0 Å². The summed E-state index contributed by atoms with van der Waals surface area (Å²) in [7, 11) is 0. The van der Waals surface area contributed by atoms with Crippen LogP contribution in [0.2, 0.25) is 0 Å². The van der Waals surface area contributed by atoms with E-state index in [9.17, 15) is 4.79 Å². The number of anilines is 1. The standard InChI is InChI=1S/C15H24N4OS/c1-3-16-14(20)12-7-8-13(19-18-12)17-11-15(21-2)9-5-4-6-10-15/h7-8H,3-6,9-11H2,1-2H3,(H,16,20)(H,17,19). The smallest absolute Gasteiger partial charge is 0.271 e. The molecule has 0 aromatic carbocycles. The first-order valence-electron chi connectivity index (χ1n) is 7.60. The third-order valence-electron chi connectivity index (χ3n) is 4.02. The number of aromatic nitrogens is 2. The molecule has 1 aliphatic rings. The summed E-state index contributed by atoms with van der Waals surface area (Å²) in [5.41, 5.74) is 0.361. The summed E-state index contributed by atoms with van der Waals surface area (Å²) < 4.78 is 0.318. The van der Waals surface area contributed by atoms with E-state index in [1.165, 1.54) is 32.1 Å². The Kier molecular flexibility index (Phi) is 5.85. The number of carbonyl (C=O) groups excluding carboxylic acids is 1. The molecular weight excluding hydrogens is 284 g/mol. The van der Waals surface area contributed by atoms with Crippen LogP contribution in [0.3, 0.4) is 0 Å². The number of rotatable bonds is 6. The monoisotopic (exact) mass is 308 g/mol. The highest BCUT2D eigenvalue weighted by Gasteiger charge is 2.30. The minimum Gasteiger partial charge on any atom is -0.367 e. The largest absolute Gasteiger partial charge is 0.367 e. The van der Waals surface area contributed by atoms with E-state index in [1.807, 2.05) is 24.8 Å². The van der Waals surface area contributed by atoms with Crippen LogP contribution in [0, 0.1) is 0 Å². The number of nitrogens with zero attached hydrogens (tertiary/aromatic N) is 2. The van der Waals surface area contributed by atoms with Gasteiger partial charge in [-0.05, 0) is 38.2 Å². The van der Waals surface area contributed by atoms with Crippen LogP contribution in [0.1, 0.15) is 49.5 Å². The quantitative estimate of drug-likeness (QED) is 0.846. The number of amides is 1. The average molecular weight is 308 g/mol. The lowest BCUT2D eigenvalue weighted by atomic mass is 9.88. The Morgan fingerprint density at radius 3 is 2.62 bits per heavy atom. The molecule has 2 rings (SSSR count). The maximum absolute atomic E-state index is 11.6. The van der Waals surface area contributed by atoms with E-state index in [-0.39, 0.29) is 5.91 Å². The minimum absolute atomic E-state index is 0.176. The second kappa shape index (κ2) is 7.64. The first kappa shape index (κ1) is 16.1. The van der Waals surface area contributed by atoms with Crippen LogP contribution in [0.4, 0.5) is 5.82 Å². The predicted molar refractivity (Wildman–Crippen MR) is 87.9 cm³/mol. The molecule has 0 radical (unpaired) electrons. The van der Waals surface area contributed by atoms with Crippen molar-refractivity contribution in [3.63, 3.8) is 0 Å². The number of hydrogen-bond donors (Lipinski definition) is 2. The SMILES string of the molecule is CCNC(=O)c1ccc(NCC2(SC)CCCCC2)nn1. The Bertz CT molecular complexity index is 457. The zero-order valence-electron chi connectivity index (χ0n) is 12.8. The first-order valence-corrected chi connectivity index (χ1v) is 8.82. The third kappa shape index (κ3) is 4.33. The molecule has 21 heavy (non-hydrogen) atoms. The van der Waals surface area contributed by atoms with Crippen molar-refractivity contribution in [1.29, 1.82) is 0 Å². The zero-order valence-corrected chi connectivity index (χ0v) is 13.6. The maximum atomic E-state index is 11.6. The lowest BCUT2D eigenvalue weighted by molar-refractivity contribution is 0.0950. The molecule has 1 fully saturated rings. The van der Waals surface area contributed by atoms with Crippen LogP contribution >= 0.6 is 11.8 Å². The van der Waals surface area contributed by atoms with Crippen molar-refractivity contribution >= 4 is 23.5 Å². The molecule has 0 spiro atoms. The average Bonchev–Trinajstić information content (AvgIpc) is 2.54. The molecule has 116 valence electrons. The van der Waals surface area contributed by atoms with Crippen molar-refractivity contribution in [3.8, 4) is 0 Å². The van der Waals surface area contributed by atoms with E-state index < -0.39 is 0 Å². The number of carbonyl (C=O) groups is 1. The van der Waals surface area contributed by atoms with Crippen LogP contribution < -0.4 is 10.6 Å². The molecule has 2 N–H and O–H groups in total. The second-order valence-corrected chi connectivity index (χ2v) is 6.74. The Balaban J connectivity index is 1.92. The molecule has 1 amide bonds. The maximum Gasteiger partial charge on any atom is 0.271 e. The van der Waals surface area contributed by atoms with Crippen LogP contribution in [0.15, 0.2) is 12.1 Å². The molecule has 1 aliphatic carbocycles. The molecule has 1 saturated carbocycles. The summed E-state index contributed by atoms with van der Waals surface area (Å²) in [6.07, 6.45) is 8.67. The molecule has 0 bridgehead atoms. The highest BCUT2D eigenvalue weighted by atomic mass is 32.2. The van der Waals surface area contributed by atoms with Crippen LogP contribution in [0.5, 0.6) is 0 Å². The molecule has 6 heteroatoms. The van der Waals surface area contributed by atoms with Gasteiger partial charge in [0.25, 0.3) is 5.91 Å². The Labute approximate surface area is 130 Å². The summed E-state index contributed by atoms with van der Waals surface area (Å²) in [6, 6.07) is 3.54. The molecule has 1 aromatic rings. The molecule has 0 saturated heterocycles. The van der Waals surface area contributed by atoms with E-state index in [2.05, 4.69) is 27.1 Å². The fourth-order valence-corrected chi connectivity index (χ4v) is 3.61. The summed E-state index contributed by atoms with van der Waals surface area (Å²) >= 11 is 1.95. The lowest BCUT2D eigenvalue weighted by Crippen LogP contribution is -2.35. The van der Waals surface area contributed by atoms with E-state index in [0.717, 1.165) is 12.4 Å². The number of hydrogen-bond acceptors (Lipinski definition) is 5. The fraction of sp³-hybridized carbons (Fsp3) is 0.667. The van der Waals surface area contributed by atoms with Gasteiger partial charge < -0.3 is 10.6 Å². The van der Waals surface area contributed by atoms with E-state index in [0.29, 0.717) is 17.0 Å². The Morgan fingerprint density at radius 1 is 1.29 bits per heavy atom. The van der Waals surface area contributed by atoms with Crippen molar-refractivity contribution in [1.82, 2.24) is 15.5 Å². The summed E-state index contributed by atoms with van der Waals surface area (Å²) in [4.78, 5) is 11.6. The molecule has 0 unspecified atom stereocenters. The molecule has 1 aromatic heterocycles. The normalized spacial score (nSPS) is 17.2. The molecular formula is C15H24N4OS. The second-order valence-electron chi connectivity index (χ2n) is 5.46. The summed E-state index contributed by atoms with van der Waals surface area (Å²) in [6.45, 7) is 3.38. The van der Waals surface area contributed by atoms with Crippen molar-refractivity contribution < 1.29 is 4.79 Å². The van der Waals surface area contributed by atoms with Gasteiger partial charge in [-0.3, -0.25) is 4.79 Å². The summed E-state index contributed by atoms with van der Waals surface area (Å²) in [5.74, 6) is 0.562. The molecule has 1 heterocycles. The van der Waals surface area contributed by atoms with Gasteiger partial charge in [0.1, 0.15) is 5.82 Å². The van der Waals surface area contributed by atoms with Gasteiger partial charge in [-0.2, -0.15) is 11.8 Å². The van der Waals surface area contributed by atoms with Crippen LogP contribution in [0.25, 0.3) is 0 Å². The minimum atomic E-state index is -0.176. The van der Waals surface area contributed by atoms with Gasteiger partial charge in [0.2, 0.25) is 0 Å². The van der Waals surface area contributed by atoms with Crippen molar-refractivity contribution in [3.05, 3.63) is 17.8 Å². The van der Waals surface area contributed by atoms with Crippen LogP contribution in [-0.2, 0) is 0 Å². The first-order chi connectivity index (χ1) is 10.2. The topological polar surface area (TPSA) is 66.9 Å². The van der Waals surface area contributed by atoms with Gasteiger partial charge in [-0.1, -0.05) is 19.3 Å². The van der Waals surface area contributed by atoms with Gasteiger partial charge in [-0.15, -0.1) is 10.2 Å². The van der Waals surface area contributed by atoms with Crippen molar-refractivity contribution in [2.75, 3.05) is 24.7 Å². The molecule has 0 atom stereocenters. The van der Waals surface area contributed by atoms with Crippen LogP contribution in [-0.4, -0.2) is 40.2 Å². The van der Waals surface area contributed by atoms with Gasteiger partial charge >= 0.3 is 0 Å². The summed E-state index contributed by atoms with van der Waals surface area (Å²) in [5, 5.41) is 14.2. The highest BCUT2D eigenvalue weighted by molar-refractivity contribution is 8.00. The predicted octanol–water partition coefficient (Wildman–Crippen LogP) is 2.70. The highest BCUT2D eigenvalue weighted by Crippen LogP contribution is 2.38. The van der Waals surface area contributed by atoms with Crippen molar-refractivity contribution in [2.45, 2.75) is 43.8 Å². The number of nitrogens with one attached hydrogen (secondary N) is 2. The Morgan fingerprint density at radius 2 is 2.05 bits per heavy atom. The lowest BCUT2D eigenvalue weighted by Gasteiger charge is -2.35. The number of thioether (sulfide) groups is 1. The van der Waals surface area contributed by atoms with Crippen molar-refractivity contribution in [2.24, 2.45) is 0 Å². The van der Waals surface area contributed by atoms with E-state index in [4.69, 9.17) is 0 Å².